The van der Waals surface area contributed by atoms with Crippen LogP contribution in [0.2, 0.25) is 0 Å². The largest absolute Gasteiger partial charge is 0.343 e. The third-order valence-corrected chi connectivity index (χ3v) is 4.72. The fourth-order valence-corrected chi connectivity index (χ4v) is 3.37. The van der Waals surface area contributed by atoms with Gasteiger partial charge in [0, 0.05) is 45.2 Å². The molecule has 7 nitrogen and oxygen atoms in total. The summed E-state index contributed by atoms with van der Waals surface area (Å²) >= 11 is 0. The highest BCUT2D eigenvalue weighted by Crippen LogP contribution is 2.14. The van der Waals surface area contributed by atoms with Crippen molar-refractivity contribution in [2.24, 2.45) is 0 Å². The first-order valence-electron chi connectivity index (χ1n) is 9.07. The van der Waals surface area contributed by atoms with Crippen LogP contribution in [-0.4, -0.2) is 46.0 Å². The zero-order chi connectivity index (χ0) is 16.8. The maximum atomic E-state index is 12.0. The number of aryl methyl sites for hydroxylation is 2. The Labute approximate surface area is 142 Å². The van der Waals surface area contributed by atoms with E-state index in [1.807, 2.05) is 11.1 Å². The zero-order valence-electron chi connectivity index (χ0n) is 14.2. The summed E-state index contributed by atoms with van der Waals surface area (Å²) in [6.45, 7) is 3.53. The van der Waals surface area contributed by atoms with Crippen LogP contribution in [0.15, 0.2) is 6.20 Å². The summed E-state index contributed by atoms with van der Waals surface area (Å²) in [5, 5.41) is 5.56. The Hall–Kier alpha value is -2.05. The first-order valence-corrected chi connectivity index (χ1v) is 9.07. The van der Waals surface area contributed by atoms with Crippen molar-refractivity contribution >= 4 is 11.9 Å². The first-order chi connectivity index (χ1) is 11.7. The fraction of sp³-hybridized carbons (Fsp3) is 0.706. The van der Waals surface area contributed by atoms with E-state index in [-0.39, 0.29) is 11.9 Å². The lowest BCUT2D eigenvalue weighted by atomic mass is 10.1. The zero-order valence-corrected chi connectivity index (χ0v) is 14.2. The second-order valence-electron chi connectivity index (χ2n) is 6.60. The van der Waals surface area contributed by atoms with Crippen LogP contribution in [-0.2, 0) is 24.3 Å². The Balaban J connectivity index is 1.33. The molecule has 2 aliphatic heterocycles. The van der Waals surface area contributed by atoms with E-state index in [2.05, 4.69) is 20.2 Å². The van der Waals surface area contributed by atoms with Gasteiger partial charge in [0.2, 0.25) is 5.91 Å². The summed E-state index contributed by atoms with van der Waals surface area (Å²) < 4.78 is 2.18. The maximum absolute atomic E-state index is 12.0. The molecule has 0 bridgehead atoms. The number of fused-ring (bicyclic) bond motifs is 1. The van der Waals surface area contributed by atoms with Gasteiger partial charge in [0.15, 0.2) is 0 Å². The number of carbonyl (C=O) groups is 2. The van der Waals surface area contributed by atoms with E-state index in [4.69, 9.17) is 0 Å². The molecule has 1 aromatic rings. The van der Waals surface area contributed by atoms with Gasteiger partial charge in [-0.15, -0.1) is 0 Å². The van der Waals surface area contributed by atoms with Crippen molar-refractivity contribution in [3.8, 4) is 0 Å². The normalized spacial score (nSPS) is 17.2. The predicted octanol–water partition coefficient (Wildman–Crippen LogP) is 1.42. The SMILES string of the molecule is O=C(NCCC(=O)N1CCCCC1)NCc1cn2c(n1)CCCC2. The van der Waals surface area contributed by atoms with E-state index < -0.39 is 0 Å². The van der Waals surface area contributed by atoms with Gasteiger partial charge in [-0.3, -0.25) is 4.79 Å². The Morgan fingerprint density at radius 1 is 1.04 bits per heavy atom. The second-order valence-corrected chi connectivity index (χ2v) is 6.60. The predicted molar refractivity (Wildman–Crippen MR) is 90.5 cm³/mol. The third kappa shape index (κ3) is 4.49. The number of hydrogen-bond donors (Lipinski definition) is 2. The minimum absolute atomic E-state index is 0.136. The number of rotatable bonds is 5. The molecule has 0 spiro atoms. The molecule has 2 aliphatic rings. The summed E-state index contributed by atoms with van der Waals surface area (Å²) in [6.07, 6.45) is 9.19. The molecule has 0 aliphatic carbocycles. The number of imidazole rings is 1. The standard InChI is InChI=1S/C17H27N5O2/c23-16(21-9-3-1-4-10-21)7-8-18-17(24)19-12-14-13-22-11-5-2-6-15(22)20-14/h13H,1-12H2,(H2,18,19,24). The molecule has 1 fully saturated rings. The minimum atomic E-state index is -0.243. The summed E-state index contributed by atoms with van der Waals surface area (Å²) in [5.41, 5.74) is 0.895. The average molecular weight is 333 g/mol. The van der Waals surface area contributed by atoms with Crippen LogP contribution < -0.4 is 10.6 Å². The molecule has 0 radical (unpaired) electrons. The van der Waals surface area contributed by atoms with Gasteiger partial charge in [-0.25, -0.2) is 9.78 Å². The number of piperidine rings is 1. The molecule has 132 valence electrons. The quantitative estimate of drug-likeness (QED) is 0.855. The Kier molecular flexibility index (Phi) is 5.72. The molecule has 0 unspecified atom stereocenters. The lowest BCUT2D eigenvalue weighted by Gasteiger charge is -2.26. The average Bonchev–Trinajstić information content (AvgIpc) is 3.03. The number of nitrogens with zero attached hydrogens (tertiary/aromatic N) is 3. The Morgan fingerprint density at radius 3 is 2.62 bits per heavy atom. The highest BCUT2D eigenvalue weighted by Gasteiger charge is 2.16. The van der Waals surface area contributed by atoms with Gasteiger partial charge in [0.25, 0.3) is 0 Å². The highest BCUT2D eigenvalue weighted by atomic mass is 16.2. The van der Waals surface area contributed by atoms with Crippen LogP contribution in [0.4, 0.5) is 4.79 Å². The van der Waals surface area contributed by atoms with Gasteiger partial charge in [-0.05, 0) is 32.1 Å². The van der Waals surface area contributed by atoms with Gasteiger partial charge in [0.1, 0.15) is 5.82 Å². The number of aromatic nitrogens is 2. The van der Waals surface area contributed by atoms with E-state index in [1.54, 1.807) is 0 Å². The van der Waals surface area contributed by atoms with Crippen molar-refractivity contribution in [3.05, 3.63) is 17.7 Å². The van der Waals surface area contributed by atoms with Crippen molar-refractivity contribution in [3.63, 3.8) is 0 Å². The lowest BCUT2D eigenvalue weighted by molar-refractivity contribution is -0.131. The Morgan fingerprint density at radius 2 is 1.83 bits per heavy atom. The van der Waals surface area contributed by atoms with Gasteiger partial charge < -0.3 is 20.1 Å². The molecule has 1 saturated heterocycles. The second kappa shape index (κ2) is 8.17. The van der Waals surface area contributed by atoms with E-state index in [0.717, 1.165) is 50.4 Å². The first kappa shape index (κ1) is 16.8. The molecule has 1 aromatic heterocycles. The monoisotopic (exact) mass is 333 g/mol. The summed E-state index contributed by atoms with van der Waals surface area (Å²) in [6, 6.07) is -0.243. The molecule has 3 heterocycles. The van der Waals surface area contributed by atoms with E-state index in [0.29, 0.717) is 19.5 Å². The molecule has 24 heavy (non-hydrogen) atoms. The molecular weight excluding hydrogens is 306 g/mol. The van der Waals surface area contributed by atoms with Crippen LogP contribution in [0.5, 0.6) is 0 Å². The smallest absolute Gasteiger partial charge is 0.315 e. The van der Waals surface area contributed by atoms with Crippen LogP contribution in [0, 0.1) is 0 Å². The minimum Gasteiger partial charge on any atom is -0.343 e. The molecule has 2 N–H and O–H groups in total. The van der Waals surface area contributed by atoms with Crippen LogP contribution in [0.3, 0.4) is 0 Å². The molecule has 3 rings (SSSR count). The number of amides is 3. The van der Waals surface area contributed by atoms with Gasteiger partial charge >= 0.3 is 6.03 Å². The molecule has 7 heteroatoms. The number of nitrogens with one attached hydrogen (secondary N) is 2. The van der Waals surface area contributed by atoms with Crippen LogP contribution >= 0.6 is 0 Å². The van der Waals surface area contributed by atoms with E-state index in [9.17, 15) is 9.59 Å². The van der Waals surface area contributed by atoms with Crippen molar-refractivity contribution < 1.29 is 9.59 Å². The van der Waals surface area contributed by atoms with Crippen molar-refractivity contribution in [1.82, 2.24) is 25.1 Å². The van der Waals surface area contributed by atoms with Crippen molar-refractivity contribution in [1.29, 1.82) is 0 Å². The van der Waals surface area contributed by atoms with E-state index in [1.165, 1.54) is 19.3 Å². The molecular formula is C17H27N5O2. The molecule has 0 saturated carbocycles. The van der Waals surface area contributed by atoms with E-state index >= 15 is 0 Å². The molecule has 3 amide bonds. The third-order valence-electron chi connectivity index (χ3n) is 4.72. The summed E-state index contributed by atoms with van der Waals surface area (Å²) in [4.78, 5) is 30.3. The lowest BCUT2D eigenvalue weighted by Crippen LogP contribution is -2.40. The number of urea groups is 1. The van der Waals surface area contributed by atoms with Crippen molar-refractivity contribution in [2.75, 3.05) is 19.6 Å². The maximum Gasteiger partial charge on any atom is 0.315 e. The van der Waals surface area contributed by atoms with Crippen LogP contribution in [0.1, 0.15) is 50.0 Å². The summed E-state index contributed by atoms with van der Waals surface area (Å²) in [7, 11) is 0. The topological polar surface area (TPSA) is 79.3 Å². The number of carbonyl (C=O) groups excluding carboxylic acids is 2. The highest BCUT2D eigenvalue weighted by molar-refractivity contribution is 5.78. The summed E-state index contributed by atoms with van der Waals surface area (Å²) in [5.74, 6) is 1.25. The van der Waals surface area contributed by atoms with Crippen molar-refractivity contribution in [2.45, 2.75) is 58.0 Å². The fourth-order valence-electron chi connectivity index (χ4n) is 3.37. The van der Waals surface area contributed by atoms with Gasteiger partial charge in [-0.1, -0.05) is 0 Å². The molecule has 0 atom stereocenters. The van der Waals surface area contributed by atoms with Crippen LogP contribution in [0.25, 0.3) is 0 Å². The number of hydrogen-bond acceptors (Lipinski definition) is 3. The molecule has 0 aromatic carbocycles. The number of likely N-dealkylation sites (tertiary alicyclic amines) is 1. The van der Waals surface area contributed by atoms with Gasteiger partial charge in [0.05, 0.1) is 12.2 Å². The Bertz CT molecular complexity index is 554. The van der Waals surface area contributed by atoms with Gasteiger partial charge in [-0.2, -0.15) is 0 Å².